The van der Waals surface area contributed by atoms with E-state index in [1.807, 2.05) is 30.3 Å². The minimum absolute atomic E-state index is 0.0653. The van der Waals surface area contributed by atoms with Crippen LogP contribution in [0.25, 0.3) is 21.5 Å². The van der Waals surface area contributed by atoms with Crippen molar-refractivity contribution in [2.24, 2.45) is 11.8 Å². The molecule has 0 radical (unpaired) electrons. The van der Waals surface area contributed by atoms with Crippen molar-refractivity contribution in [2.45, 2.75) is 25.2 Å². The van der Waals surface area contributed by atoms with Crippen molar-refractivity contribution in [3.63, 3.8) is 0 Å². The van der Waals surface area contributed by atoms with Gasteiger partial charge in [-0.15, -0.1) is 11.3 Å². The number of aromatic nitrogens is 1. The van der Waals surface area contributed by atoms with Gasteiger partial charge in [0.05, 0.1) is 15.1 Å². The predicted octanol–water partition coefficient (Wildman–Crippen LogP) is 4.91. The van der Waals surface area contributed by atoms with Gasteiger partial charge in [-0.25, -0.2) is 13.4 Å². The highest BCUT2D eigenvalue weighted by atomic mass is 32.2. The lowest BCUT2D eigenvalue weighted by Gasteiger charge is -2.34. The summed E-state index contributed by atoms with van der Waals surface area (Å²) >= 11 is 1.33. The first-order valence-electron chi connectivity index (χ1n) is 10.1. The average molecular weight is 454 g/mol. The van der Waals surface area contributed by atoms with Gasteiger partial charge in [0.2, 0.25) is 10.0 Å². The molecule has 31 heavy (non-hydrogen) atoms. The second-order valence-electron chi connectivity index (χ2n) is 8.11. The summed E-state index contributed by atoms with van der Waals surface area (Å²) in [4.78, 5) is 4.62. The summed E-state index contributed by atoms with van der Waals surface area (Å²) in [5.74, 6) is 0.416. The van der Waals surface area contributed by atoms with Gasteiger partial charge < -0.3 is 5.11 Å². The summed E-state index contributed by atoms with van der Waals surface area (Å²) < 4.78 is 28.6. The number of thiazole rings is 1. The molecule has 0 unspecified atom stereocenters. The molecule has 1 aliphatic heterocycles. The van der Waals surface area contributed by atoms with Crippen LogP contribution >= 0.6 is 11.3 Å². The van der Waals surface area contributed by atoms with Gasteiger partial charge >= 0.3 is 0 Å². The quantitative estimate of drug-likeness (QED) is 0.447. The maximum Gasteiger partial charge on any atom is 0.243 e. The Bertz CT molecular complexity index is 1240. The fraction of sp³-hybridized carbons (Fsp3) is 0.304. The van der Waals surface area contributed by atoms with E-state index in [1.165, 1.54) is 35.6 Å². The molecule has 0 spiro atoms. The molecular formula is C23H23N3O3S2. The number of fused-ring (bicyclic) bond motifs is 1. The van der Waals surface area contributed by atoms with Gasteiger partial charge in [0, 0.05) is 18.7 Å². The number of hydrogen-bond acceptors (Lipinski definition) is 6. The summed E-state index contributed by atoms with van der Waals surface area (Å²) in [5, 5.41) is 20.8. The van der Waals surface area contributed by atoms with Crippen molar-refractivity contribution in [3.8, 4) is 6.07 Å². The van der Waals surface area contributed by atoms with Gasteiger partial charge in [0.15, 0.2) is 0 Å². The Morgan fingerprint density at radius 1 is 1.13 bits per heavy atom. The van der Waals surface area contributed by atoms with Crippen LogP contribution in [0.4, 0.5) is 0 Å². The van der Waals surface area contributed by atoms with E-state index < -0.39 is 10.0 Å². The third kappa shape index (κ3) is 4.22. The number of allylic oxidation sites excluding steroid dienone is 1. The number of nitriles is 1. The number of aliphatic hydroxyl groups excluding tert-OH is 1. The summed E-state index contributed by atoms with van der Waals surface area (Å²) in [6.45, 7) is 5.15. The number of rotatable bonds is 4. The van der Waals surface area contributed by atoms with Crippen LogP contribution in [-0.4, -0.2) is 35.9 Å². The molecule has 1 N–H and O–H groups in total. The Balaban J connectivity index is 1.65. The summed E-state index contributed by atoms with van der Waals surface area (Å²) in [6.07, 6.45) is 1.02. The lowest BCUT2D eigenvalue weighted by molar-refractivity contribution is 0.222. The van der Waals surface area contributed by atoms with Gasteiger partial charge in [-0.1, -0.05) is 26.0 Å². The summed E-state index contributed by atoms with van der Waals surface area (Å²) in [5.41, 5.74) is 1.19. The Morgan fingerprint density at radius 3 is 2.39 bits per heavy atom. The van der Waals surface area contributed by atoms with Crippen LogP contribution in [0.2, 0.25) is 0 Å². The molecule has 3 aromatic rings. The number of hydrogen-bond donors (Lipinski definition) is 1. The first-order valence-corrected chi connectivity index (χ1v) is 12.3. The van der Waals surface area contributed by atoms with E-state index >= 15 is 0 Å². The van der Waals surface area contributed by atoms with Gasteiger partial charge in [0.25, 0.3) is 0 Å². The van der Waals surface area contributed by atoms with Crippen LogP contribution in [0.15, 0.2) is 53.4 Å². The van der Waals surface area contributed by atoms with Crippen molar-refractivity contribution < 1.29 is 13.5 Å². The molecule has 1 aliphatic rings. The largest absolute Gasteiger partial charge is 0.506 e. The van der Waals surface area contributed by atoms with Crippen LogP contribution in [0, 0.1) is 23.2 Å². The van der Waals surface area contributed by atoms with E-state index in [1.54, 1.807) is 4.31 Å². The molecule has 0 aliphatic carbocycles. The standard InChI is InChI=1S/C23H23N3O3S2/c1-15-11-16(2)14-26(13-15)31(28,29)18-9-7-17(8-10-18)22(27)19(12-24)23-25-20-5-3-4-6-21(20)30-23/h3-10,15-16,27H,11,13-14H2,1-2H3/t15-,16+. The smallest absolute Gasteiger partial charge is 0.243 e. The Kier molecular flexibility index (Phi) is 5.84. The molecule has 1 aromatic heterocycles. The van der Waals surface area contributed by atoms with Crippen LogP contribution in [0.3, 0.4) is 0 Å². The van der Waals surface area contributed by atoms with E-state index in [9.17, 15) is 18.8 Å². The molecule has 1 saturated heterocycles. The molecular weight excluding hydrogens is 430 g/mol. The fourth-order valence-corrected chi connectivity index (χ4v) is 6.70. The molecule has 2 atom stereocenters. The van der Waals surface area contributed by atoms with Crippen molar-refractivity contribution in [1.29, 1.82) is 5.26 Å². The Morgan fingerprint density at radius 2 is 1.77 bits per heavy atom. The minimum Gasteiger partial charge on any atom is -0.506 e. The van der Waals surface area contributed by atoms with Crippen molar-refractivity contribution >= 4 is 42.9 Å². The van der Waals surface area contributed by atoms with Gasteiger partial charge in [0.1, 0.15) is 22.4 Å². The normalized spacial score (nSPS) is 20.9. The molecule has 1 fully saturated rings. The van der Waals surface area contributed by atoms with Crippen LogP contribution in [0.5, 0.6) is 0 Å². The van der Waals surface area contributed by atoms with Gasteiger partial charge in [-0.3, -0.25) is 0 Å². The number of aliphatic hydroxyl groups is 1. The molecule has 4 rings (SSSR count). The van der Waals surface area contributed by atoms with E-state index in [0.717, 1.165) is 16.6 Å². The zero-order valence-corrected chi connectivity index (χ0v) is 18.9. The third-order valence-electron chi connectivity index (χ3n) is 5.46. The minimum atomic E-state index is -3.61. The number of benzene rings is 2. The average Bonchev–Trinajstić information content (AvgIpc) is 3.17. The SMILES string of the molecule is C[C@@H]1C[C@H](C)CN(S(=O)(=O)c2ccc(C(O)=C(C#N)c3nc4ccccc4s3)cc2)C1. The van der Waals surface area contributed by atoms with Crippen molar-refractivity contribution in [3.05, 3.63) is 59.1 Å². The maximum atomic E-state index is 13.1. The van der Waals surface area contributed by atoms with Gasteiger partial charge in [-0.2, -0.15) is 9.57 Å². The topological polar surface area (TPSA) is 94.3 Å². The van der Waals surface area contributed by atoms with Gasteiger partial charge in [-0.05, 0) is 54.7 Å². The molecule has 0 saturated carbocycles. The Labute approximate surface area is 186 Å². The number of sulfonamides is 1. The van der Waals surface area contributed by atoms with Crippen molar-refractivity contribution in [2.75, 3.05) is 13.1 Å². The zero-order chi connectivity index (χ0) is 22.2. The second-order valence-corrected chi connectivity index (χ2v) is 11.1. The van der Waals surface area contributed by atoms with E-state index in [2.05, 4.69) is 18.8 Å². The Hall–Kier alpha value is -2.73. The monoisotopic (exact) mass is 453 g/mol. The lowest BCUT2D eigenvalue weighted by atomic mass is 9.94. The molecule has 8 heteroatoms. The highest BCUT2D eigenvalue weighted by Crippen LogP contribution is 2.32. The van der Waals surface area contributed by atoms with Crippen molar-refractivity contribution in [1.82, 2.24) is 9.29 Å². The number of piperidine rings is 1. The maximum absolute atomic E-state index is 13.1. The van der Waals surface area contributed by atoms with E-state index in [-0.39, 0.29) is 16.2 Å². The summed E-state index contributed by atoms with van der Waals surface area (Å²) in [6, 6.07) is 15.6. The number of para-hydroxylation sites is 1. The molecule has 2 aromatic carbocycles. The molecule has 2 heterocycles. The molecule has 0 bridgehead atoms. The van der Waals surface area contributed by atoms with Crippen LogP contribution in [-0.2, 0) is 10.0 Å². The second kappa shape index (κ2) is 8.42. The van der Waals surface area contributed by atoms with E-state index in [0.29, 0.717) is 35.5 Å². The predicted molar refractivity (Wildman–Crippen MR) is 123 cm³/mol. The molecule has 6 nitrogen and oxygen atoms in total. The fourth-order valence-electron chi connectivity index (χ4n) is 4.06. The van der Waals surface area contributed by atoms with Crippen LogP contribution < -0.4 is 0 Å². The van der Waals surface area contributed by atoms with Crippen LogP contribution in [0.1, 0.15) is 30.8 Å². The highest BCUT2D eigenvalue weighted by molar-refractivity contribution is 7.89. The third-order valence-corrected chi connectivity index (χ3v) is 8.36. The molecule has 0 amide bonds. The lowest BCUT2D eigenvalue weighted by Crippen LogP contribution is -2.42. The highest BCUT2D eigenvalue weighted by Gasteiger charge is 2.31. The number of nitrogens with zero attached hydrogens (tertiary/aromatic N) is 3. The summed E-state index contributed by atoms with van der Waals surface area (Å²) in [7, 11) is -3.61. The first kappa shape index (κ1) is 21.5. The zero-order valence-electron chi connectivity index (χ0n) is 17.3. The molecule has 160 valence electrons. The first-order chi connectivity index (χ1) is 14.8. The van der Waals surface area contributed by atoms with E-state index in [4.69, 9.17) is 0 Å².